The lowest BCUT2D eigenvalue weighted by atomic mass is 10.1. The van der Waals surface area contributed by atoms with Gasteiger partial charge in [-0.25, -0.2) is 4.98 Å². The van der Waals surface area contributed by atoms with Crippen LogP contribution in [0.4, 0.5) is 5.69 Å². The number of thiazole rings is 1. The van der Waals surface area contributed by atoms with Gasteiger partial charge in [0.15, 0.2) is 0 Å². The molecule has 0 spiro atoms. The molecule has 2 amide bonds. The first-order valence-corrected chi connectivity index (χ1v) is 10.3. The van der Waals surface area contributed by atoms with E-state index in [1.54, 1.807) is 34.8 Å². The van der Waals surface area contributed by atoms with Crippen LogP contribution < -0.4 is 10.6 Å². The fraction of sp³-hybridized carbons (Fsp3) is 0.250. The van der Waals surface area contributed by atoms with E-state index in [-0.39, 0.29) is 11.8 Å². The minimum atomic E-state index is -0.109. The van der Waals surface area contributed by atoms with E-state index in [0.29, 0.717) is 13.0 Å². The number of nitrogens with one attached hydrogen (secondary N) is 2. The minimum Gasteiger partial charge on any atom is -0.355 e. The molecule has 27 heavy (non-hydrogen) atoms. The molecule has 7 heteroatoms. The normalized spacial score (nSPS) is 10.6. The zero-order valence-corrected chi connectivity index (χ0v) is 16.9. The lowest BCUT2D eigenvalue weighted by Gasteiger charge is -2.06. The molecule has 0 unspecified atom stereocenters. The number of anilines is 1. The van der Waals surface area contributed by atoms with Gasteiger partial charge in [0.25, 0.3) is 0 Å². The van der Waals surface area contributed by atoms with Crippen LogP contribution in [0.25, 0.3) is 10.6 Å². The van der Waals surface area contributed by atoms with Crippen LogP contribution in [-0.2, 0) is 22.4 Å². The van der Waals surface area contributed by atoms with E-state index in [1.807, 2.05) is 19.1 Å². The largest absolute Gasteiger partial charge is 0.355 e. The monoisotopic (exact) mass is 399 g/mol. The second-order valence-electron chi connectivity index (χ2n) is 6.17. The van der Waals surface area contributed by atoms with E-state index in [4.69, 9.17) is 0 Å². The number of hydrogen-bond donors (Lipinski definition) is 2. The van der Waals surface area contributed by atoms with Gasteiger partial charge < -0.3 is 10.6 Å². The van der Waals surface area contributed by atoms with Gasteiger partial charge in [-0.05, 0) is 43.2 Å². The lowest BCUT2D eigenvalue weighted by Crippen LogP contribution is -2.27. The molecule has 0 atom stereocenters. The molecule has 5 nitrogen and oxygen atoms in total. The summed E-state index contributed by atoms with van der Waals surface area (Å²) in [4.78, 5) is 30.0. The standard InChI is InChI=1S/C20H21N3O2S2/c1-13(24)22-16-5-3-15(4-6-16)11-20(25)21-10-9-17-7-8-19(27-17)18-12-26-14(2)23-18/h3-8,12H,9-11H2,1-2H3,(H,21,25)(H,22,24). The van der Waals surface area contributed by atoms with Gasteiger partial charge in [0.05, 0.1) is 22.0 Å². The van der Waals surface area contributed by atoms with Crippen molar-refractivity contribution in [3.63, 3.8) is 0 Å². The van der Waals surface area contributed by atoms with E-state index in [9.17, 15) is 9.59 Å². The maximum absolute atomic E-state index is 12.1. The van der Waals surface area contributed by atoms with Crippen molar-refractivity contribution >= 4 is 40.2 Å². The molecular formula is C20H21N3O2S2. The number of hydrogen-bond acceptors (Lipinski definition) is 5. The lowest BCUT2D eigenvalue weighted by molar-refractivity contribution is -0.120. The Morgan fingerprint density at radius 3 is 2.56 bits per heavy atom. The molecule has 0 saturated heterocycles. The van der Waals surface area contributed by atoms with E-state index < -0.39 is 0 Å². The molecule has 140 valence electrons. The number of rotatable bonds is 7. The van der Waals surface area contributed by atoms with Crippen molar-refractivity contribution in [2.45, 2.75) is 26.7 Å². The van der Waals surface area contributed by atoms with Crippen LogP contribution in [0.1, 0.15) is 22.4 Å². The Kier molecular flexibility index (Phi) is 6.36. The third kappa shape index (κ3) is 5.74. The molecule has 2 heterocycles. The Balaban J connectivity index is 1.44. The highest BCUT2D eigenvalue weighted by Crippen LogP contribution is 2.29. The summed E-state index contributed by atoms with van der Waals surface area (Å²) in [6.07, 6.45) is 1.13. The second-order valence-corrected chi connectivity index (χ2v) is 8.40. The van der Waals surface area contributed by atoms with Crippen LogP contribution in [0.15, 0.2) is 41.8 Å². The molecule has 1 aromatic carbocycles. The van der Waals surface area contributed by atoms with Crippen molar-refractivity contribution < 1.29 is 9.59 Å². The molecule has 3 rings (SSSR count). The first-order chi connectivity index (χ1) is 13.0. The highest BCUT2D eigenvalue weighted by molar-refractivity contribution is 7.16. The fourth-order valence-corrected chi connectivity index (χ4v) is 4.26. The summed E-state index contributed by atoms with van der Waals surface area (Å²) in [6.45, 7) is 4.08. The van der Waals surface area contributed by atoms with Gasteiger partial charge >= 0.3 is 0 Å². The molecule has 0 bridgehead atoms. The van der Waals surface area contributed by atoms with Crippen LogP contribution in [0.2, 0.25) is 0 Å². The second kappa shape index (κ2) is 8.92. The predicted octanol–water partition coefficient (Wildman–Crippen LogP) is 4.04. The number of nitrogens with zero attached hydrogens (tertiary/aromatic N) is 1. The van der Waals surface area contributed by atoms with Crippen LogP contribution in [0, 0.1) is 6.92 Å². The molecule has 0 saturated carbocycles. The maximum Gasteiger partial charge on any atom is 0.224 e. The molecule has 2 aromatic heterocycles. The van der Waals surface area contributed by atoms with Gasteiger partial charge in [-0.1, -0.05) is 12.1 Å². The average molecular weight is 400 g/mol. The first kappa shape index (κ1) is 19.3. The van der Waals surface area contributed by atoms with E-state index in [1.165, 1.54) is 16.7 Å². The van der Waals surface area contributed by atoms with Gasteiger partial charge in [0, 0.05) is 29.4 Å². The third-order valence-electron chi connectivity index (χ3n) is 3.87. The zero-order valence-electron chi connectivity index (χ0n) is 15.2. The van der Waals surface area contributed by atoms with Crippen molar-refractivity contribution in [2.75, 3.05) is 11.9 Å². The molecule has 3 aromatic rings. The highest BCUT2D eigenvalue weighted by atomic mass is 32.1. The molecule has 0 radical (unpaired) electrons. The Morgan fingerprint density at radius 1 is 1.11 bits per heavy atom. The number of carbonyl (C=O) groups excluding carboxylic acids is 2. The van der Waals surface area contributed by atoms with Crippen molar-refractivity contribution in [1.29, 1.82) is 0 Å². The number of carbonyl (C=O) groups is 2. The quantitative estimate of drug-likeness (QED) is 0.630. The Labute approximate surface area is 166 Å². The molecule has 2 N–H and O–H groups in total. The topological polar surface area (TPSA) is 71.1 Å². The Bertz CT molecular complexity index is 929. The number of aryl methyl sites for hydroxylation is 1. The van der Waals surface area contributed by atoms with Crippen LogP contribution in [-0.4, -0.2) is 23.3 Å². The van der Waals surface area contributed by atoms with Gasteiger partial charge in [-0.2, -0.15) is 0 Å². The third-order valence-corrected chi connectivity index (χ3v) is 5.81. The summed E-state index contributed by atoms with van der Waals surface area (Å²) >= 11 is 3.37. The van der Waals surface area contributed by atoms with Gasteiger partial charge in [0.1, 0.15) is 0 Å². The number of amides is 2. The number of thiophene rings is 1. The smallest absolute Gasteiger partial charge is 0.224 e. The van der Waals surface area contributed by atoms with Crippen molar-refractivity contribution in [3.05, 3.63) is 57.2 Å². The van der Waals surface area contributed by atoms with Crippen molar-refractivity contribution in [2.24, 2.45) is 0 Å². The van der Waals surface area contributed by atoms with E-state index >= 15 is 0 Å². The SMILES string of the molecule is CC(=O)Nc1ccc(CC(=O)NCCc2ccc(-c3csc(C)n3)s2)cc1. The summed E-state index contributed by atoms with van der Waals surface area (Å²) in [6, 6.07) is 11.5. The average Bonchev–Trinajstić information content (AvgIpc) is 3.25. The fourth-order valence-electron chi connectivity index (χ4n) is 2.61. The van der Waals surface area contributed by atoms with Crippen LogP contribution >= 0.6 is 22.7 Å². The summed E-state index contributed by atoms with van der Waals surface area (Å²) in [5.74, 6) is -0.115. The molecule has 0 aliphatic rings. The summed E-state index contributed by atoms with van der Waals surface area (Å²) in [5.41, 5.74) is 2.68. The first-order valence-electron chi connectivity index (χ1n) is 8.64. The summed E-state index contributed by atoms with van der Waals surface area (Å²) in [7, 11) is 0. The van der Waals surface area contributed by atoms with Crippen molar-refractivity contribution in [1.82, 2.24) is 10.3 Å². The molecule has 0 aliphatic carbocycles. The van der Waals surface area contributed by atoms with E-state index in [2.05, 4.69) is 33.1 Å². The van der Waals surface area contributed by atoms with E-state index in [0.717, 1.165) is 28.4 Å². The predicted molar refractivity (Wildman–Crippen MR) is 111 cm³/mol. The van der Waals surface area contributed by atoms with Gasteiger partial charge in [0.2, 0.25) is 11.8 Å². The van der Waals surface area contributed by atoms with Gasteiger partial charge in [-0.15, -0.1) is 22.7 Å². The molecule has 0 aliphatic heterocycles. The number of aromatic nitrogens is 1. The molecule has 0 fully saturated rings. The summed E-state index contributed by atoms with van der Waals surface area (Å²) < 4.78 is 0. The van der Waals surface area contributed by atoms with Crippen LogP contribution in [0.3, 0.4) is 0 Å². The maximum atomic E-state index is 12.1. The van der Waals surface area contributed by atoms with Crippen LogP contribution in [0.5, 0.6) is 0 Å². The Hall–Kier alpha value is -2.51. The highest BCUT2D eigenvalue weighted by Gasteiger charge is 2.07. The number of benzene rings is 1. The minimum absolute atomic E-state index is 0.00539. The Morgan fingerprint density at radius 2 is 1.89 bits per heavy atom. The molecular weight excluding hydrogens is 378 g/mol. The summed E-state index contributed by atoms with van der Waals surface area (Å²) in [5, 5.41) is 8.82. The zero-order chi connectivity index (χ0) is 19.2. The van der Waals surface area contributed by atoms with Gasteiger partial charge in [-0.3, -0.25) is 9.59 Å². The van der Waals surface area contributed by atoms with Crippen molar-refractivity contribution in [3.8, 4) is 10.6 Å².